The van der Waals surface area contributed by atoms with Gasteiger partial charge in [0.15, 0.2) is 0 Å². The van der Waals surface area contributed by atoms with Crippen molar-refractivity contribution in [3.8, 4) is 5.75 Å². The lowest BCUT2D eigenvalue weighted by Crippen LogP contribution is -2.19. The van der Waals surface area contributed by atoms with E-state index >= 15 is 0 Å². The fourth-order valence-electron chi connectivity index (χ4n) is 2.88. The van der Waals surface area contributed by atoms with E-state index in [0.717, 1.165) is 28.4 Å². The van der Waals surface area contributed by atoms with Crippen molar-refractivity contribution in [3.63, 3.8) is 0 Å². The molecular weight excluding hydrogens is 270 g/mol. The van der Waals surface area contributed by atoms with E-state index in [-0.39, 0.29) is 18.5 Å². The third kappa shape index (κ3) is 1.72. The van der Waals surface area contributed by atoms with Crippen molar-refractivity contribution < 1.29 is 14.3 Å². The van der Waals surface area contributed by atoms with Crippen LogP contribution in [0, 0.1) is 0 Å². The molecule has 106 valence electrons. The summed E-state index contributed by atoms with van der Waals surface area (Å²) in [6, 6.07) is 7.69. The number of hydrogen-bond acceptors (Lipinski definition) is 5. The molecule has 2 aliphatic heterocycles. The summed E-state index contributed by atoms with van der Waals surface area (Å²) in [7, 11) is 1.63. The van der Waals surface area contributed by atoms with Crippen LogP contribution in [0.15, 0.2) is 41.7 Å². The zero-order chi connectivity index (χ0) is 14.4. The minimum atomic E-state index is -0.273. The largest absolute Gasteiger partial charge is 0.497 e. The van der Waals surface area contributed by atoms with Crippen LogP contribution in [0.4, 0.5) is 5.82 Å². The molecule has 2 N–H and O–H groups in total. The van der Waals surface area contributed by atoms with Crippen LogP contribution in [-0.2, 0) is 9.53 Å². The highest BCUT2D eigenvalue weighted by atomic mass is 16.5. The molecule has 0 bridgehead atoms. The number of carbonyl (C=O) groups excluding carboxylic acids is 1. The van der Waals surface area contributed by atoms with E-state index in [2.05, 4.69) is 15.5 Å². The number of cyclic esters (lactones) is 1. The quantitative estimate of drug-likeness (QED) is 0.822. The standard InChI is InChI=1S/C15H13N3O3/c1-20-9-4-2-8(3-5-9)12-10-6-16-18-14(10)17-11-7-21-15(19)13(11)12/h2-6,12H,7H2,1H3,(H2,16,17,18). The molecule has 0 amide bonds. The number of anilines is 1. The zero-order valence-corrected chi connectivity index (χ0v) is 11.3. The van der Waals surface area contributed by atoms with Crippen LogP contribution in [0.25, 0.3) is 0 Å². The minimum absolute atomic E-state index is 0.170. The Bertz CT molecular complexity index is 746. The fraction of sp³-hybridized carbons (Fsp3) is 0.200. The maximum Gasteiger partial charge on any atom is 0.337 e. The Labute approximate surface area is 120 Å². The molecule has 2 aliphatic rings. The first-order chi connectivity index (χ1) is 10.3. The number of rotatable bonds is 2. The van der Waals surface area contributed by atoms with Crippen LogP contribution < -0.4 is 10.1 Å². The summed E-state index contributed by atoms with van der Waals surface area (Å²) in [6.07, 6.45) is 1.74. The second-order valence-electron chi connectivity index (χ2n) is 5.00. The third-order valence-electron chi connectivity index (χ3n) is 3.89. The van der Waals surface area contributed by atoms with Crippen LogP contribution in [0.1, 0.15) is 17.0 Å². The Morgan fingerprint density at radius 1 is 1.33 bits per heavy atom. The first-order valence-corrected chi connectivity index (χ1v) is 6.62. The fourth-order valence-corrected chi connectivity index (χ4v) is 2.88. The smallest absolute Gasteiger partial charge is 0.337 e. The number of H-pyrrole nitrogens is 1. The van der Waals surface area contributed by atoms with Gasteiger partial charge >= 0.3 is 5.97 Å². The second kappa shape index (κ2) is 4.37. The van der Waals surface area contributed by atoms with Crippen molar-refractivity contribution in [1.82, 2.24) is 10.2 Å². The van der Waals surface area contributed by atoms with Gasteiger partial charge in [0.05, 0.1) is 24.6 Å². The molecule has 0 saturated carbocycles. The number of nitrogens with one attached hydrogen (secondary N) is 2. The number of ether oxygens (including phenoxy) is 2. The van der Waals surface area contributed by atoms with E-state index in [0.29, 0.717) is 5.57 Å². The highest BCUT2D eigenvalue weighted by Crippen LogP contribution is 2.43. The van der Waals surface area contributed by atoms with E-state index in [1.54, 1.807) is 13.3 Å². The molecule has 1 aromatic carbocycles. The Hall–Kier alpha value is -2.76. The molecule has 6 nitrogen and oxygen atoms in total. The molecule has 0 fully saturated rings. The topological polar surface area (TPSA) is 76.2 Å². The summed E-state index contributed by atoms with van der Waals surface area (Å²) in [6.45, 7) is 0.277. The van der Waals surface area contributed by atoms with Gasteiger partial charge in [-0.25, -0.2) is 4.79 Å². The van der Waals surface area contributed by atoms with Crippen molar-refractivity contribution in [2.45, 2.75) is 5.92 Å². The summed E-state index contributed by atoms with van der Waals surface area (Å²) in [4.78, 5) is 12.1. The van der Waals surface area contributed by atoms with Crippen LogP contribution in [0.5, 0.6) is 5.75 Å². The van der Waals surface area contributed by atoms with Gasteiger partial charge in [-0.05, 0) is 17.7 Å². The molecule has 0 aliphatic carbocycles. The first-order valence-electron chi connectivity index (χ1n) is 6.62. The van der Waals surface area contributed by atoms with Crippen molar-refractivity contribution >= 4 is 11.8 Å². The van der Waals surface area contributed by atoms with Crippen molar-refractivity contribution in [3.05, 3.63) is 52.9 Å². The molecule has 0 saturated heterocycles. The molecule has 4 rings (SSSR count). The molecule has 3 heterocycles. The van der Waals surface area contributed by atoms with E-state index in [4.69, 9.17) is 9.47 Å². The van der Waals surface area contributed by atoms with E-state index < -0.39 is 0 Å². The molecule has 2 aromatic rings. The number of benzene rings is 1. The molecule has 21 heavy (non-hydrogen) atoms. The number of esters is 1. The Balaban J connectivity index is 1.86. The number of aromatic nitrogens is 2. The van der Waals surface area contributed by atoms with Crippen molar-refractivity contribution in [2.75, 3.05) is 19.0 Å². The summed E-state index contributed by atoms with van der Waals surface area (Å²) in [5, 5.41) is 10.2. The number of carbonyl (C=O) groups is 1. The molecule has 1 unspecified atom stereocenters. The number of fused-ring (bicyclic) bond motifs is 1. The monoisotopic (exact) mass is 283 g/mol. The lowest BCUT2D eigenvalue weighted by molar-refractivity contribution is -0.136. The van der Waals surface area contributed by atoms with Gasteiger partial charge in [-0.3, -0.25) is 5.10 Å². The predicted molar refractivity (Wildman–Crippen MR) is 75.0 cm³/mol. The van der Waals surface area contributed by atoms with Gasteiger partial charge in [-0.15, -0.1) is 0 Å². The van der Waals surface area contributed by atoms with Gasteiger partial charge in [-0.2, -0.15) is 5.10 Å². The van der Waals surface area contributed by atoms with Crippen molar-refractivity contribution in [2.24, 2.45) is 0 Å². The van der Waals surface area contributed by atoms with Crippen molar-refractivity contribution in [1.29, 1.82) is 0 Å². The van der Waals surface area contributed by atoms with Gasteiger partial charge < -0.3 is 14.8 Å². The summed E-state index contributed by atoms with van der Waals surface area (Å²) in [5.74, 6) is 1.15. The van der Waals surface area contributed by atoms with E-state index in [1.807, 2.05) is 24.3 Å². The minimum Gasteiger partial charge on any atom is -0.497 e. The maximum atomic E-state index is 12.1. The van der Waals surface area contributed by atoms with Crippen LogP contribution in [-0.4, -0.2) is 29.9 Å². The van der Waals surface area contributed by atoms with E-state index in [1.165, 1.54) is 0 Å². The van der Waals surface area contributed by atoms with Gasteiger partial charge in [0, 0.05) is 11.5 Å². The molecule has 6 heteroatoms. The summed E-state index contributed by atoms with van der Waals surface area (Å²) >= 11 is 0. The van der Waals surface area contributed by atoms with Gasteiger partial charge in [0.1, 0.15) is 18.2 Å². The molecular formula is C15H13N3O3. The zero-order valence-electron chi connectivity index (χ0n) is 11.3. The van der Waals surface area contributed by atoms with Gasteiger partial charge in [0.2, 0.25) is 0 Å². The predicted octanol–water partition coefficient (Wildman–Crippen LogP) is 1.79. The second-order valence-corrected chi connectivity index (χ2v) is 5.00. The Kier molecular flexibility index (Phi) is 2.50. The normalized spacial score (nSPS) is 19.7. The molecule has 1 aromatic heterocycles. The van der Waals surface area contributed by atoms with Gasteiger partial charge in [-0.1, -0.05) is 12.1 Å². The average molecular weight is 283 g/mol. The lowest BCUT2D eigenvalue weighted by Gasteiger charge is -2.23. The SMILES string of the molecule is COc1ccc(C2C3=C(COC3=O)Nc3[nH]ncc32)cc1. The van der Waals surface area contributed by atoms with E-state index in [9.17, 15) is 4.79 Å². The highest BCUT2D eigenvalue weighted by molar-refractivity contribution is 5.96. The number of aromatic amines is 1. The van der Waals surface area contributed by atoms with Gasteiger partial charge in [0.25, 0.3) is 0 Å². The third-order valence-corrected chi connectivity index (χ3v) is 3.89. The lowest BCUT2D eigenvalue weighted by atomic mass is 9.83. The summed E-state index contributed by atoms with van der Waals surface area (Å²) < 4.78 is 10.3. The molecule has 0 radical (unpaired) electrons. The summed E-state index contributed by atoms with van der Waals surface area (Å²) in [5.41, 5.74) is 3.41. The number of methoxy groups -OCH3 is 1. The highest BCUT2D eigenvalue weighted by Gasteiger charge is 2.39. The number of nitrogens with zero attached hydrogens (tertiary/aromatic N) is 1. The Morgan fingerprint density at radius 2 is 2.14 bits per heavy atom. The van der Waals surface area contributed by atoms with Crippen LogP contribution in [0.3, 0.4) is 0 Å². The Morgan fingerprint density at radius 3 is 2.90 bits per heavy atom. The van der Waals surface area contributed by atoms with Crippen LogP contribution in [0.2, 0.25) is 0 Å². The molecule has 0 spiro atoms. The average Bonchev–Trinajstić information content (AvgIpc) is 3.12. The number of hydrogen-bond donors (Lipinski definition) is 2. The maximum absolute atomic E-state index is 12.1. The molecule has 1 atom stereocenters. The first kappa shape index (κ1) is 12.0. The van der Waals surface area contributed by atoms with Crippen LogP contribution >= 0.6 is 0 Å².